The number of amides is 2. The van der Waals surface area contributed by atoms with Crippen LogP contribution < -0.4 is 20.1 Å². The van der Waals surface area contributed by atoms with Crippen molar-refractivity contribution in [1.82, 2.24) is 4.90 Å². The monoisotopic (exact) mass is 397 g/mol. The zero-order valence-corrected chi connectivity index (χ0v) is 16.9. The van der Waals surface area contributed by atoms with E-state index in [1.807, 2.05) is 26.0 Å². The van der Waals surface area contributed by atoms with Crippen LogP contribution in [0, 0.1) is 11.3 Å². The quantitative estimate of drug-likeness (QED) is 0.764. The van der Waals surface area contributed by atoms with Gasteiger partial charge in [0, 0.05) is 31.9 Å². The molecule has 2 aliphatic heterocycles. The number of rotatable bonds is 5. The van der Waals surface area contributed by atoms with Gasteiger partial charge in [0.05, 0.1) is 0 Å². The Labute approximate surface area is 166 Å². The van der Waals surface area contributed by atoms with E-state index in [4.69, 9.17) is 15.2 Å². The highest BCUT2D eigenvalue weighted by molar-refractivity contribution is 6.09. The summed E-state index contributed by atoms with van der Waals surface area (Å²) in [5.74, 6) is 0.378. The number of fused-ring (bicyclic) bond motifs is 1. The van der Waals surface area contributed by atoms with Gasteiger partial charge in [0.1, 0.15) is 19.1 Å². The minimum Gasteiger partial charge on any atom is -0.486 e. The van der Waals surface area contributed by atoms with Gasteiger partial charge >= 0.3 is 0 Å². The first-order chi connectivity index (χ1) is 12.3. The zero-order chi connectivity index (χ0) is 18.9. The molecule has 0 saturated carbocycles. The predicted octanol–water partition coefficient (Wildman–Crippen LogP) is 1.68. The van der Waals surface area contributed by atoms with Crippen LogP contribution in [0.1, 0.15) is 20.3 Å². The molecule has 0 aromatic heterocycles. The number of nitrogens with zero attached hydrogens (tertiary/aromatic N) is 2. The van der Waals surface area contributed by atoms with Gasteiger partial charge in [0.2, 0.25) is 11.8 Å². The maximum Gasteiger partial charge on any atom is 0.239 e. The van der Waals surface area contributed by atoms with Crippen molar-refractivity contribution in [3.63, 3.8) is 0 Å². The lowest BCUT2D eigenvalue weighted by Gasteiger charge is -2.30. The second kappa shape index (κ2) is 8.35. The summed E-state index contributed by atoms with van der Waals surface area (Å²) < 4.78 is 11.1. The molecule has 150 valence electrons. The summed E-state index contributed by atoms with van der Waals surface area (Å²) in [7, 11) is 1.74. The standard InChI is InChI=1S/C19H27N3O4.ClH/c1-19(2,11-20)12-21(3)17(23)14-6-7-22(18(14)24)13-4-5-15-16(10-13)26-9-8-25-15;/h4-5,10,14H,6-9,11-12,20H2,1-3H3;1H. The van der Waals surface area contributed by atoms with Crippen molar-refractivity contribution < 1.29 is 19.1 Å². The molecule has 3 rings (SSSR count). The highest BCUT2D eigenvalue weighted by Crippen LogP contribution is 2.36. The second-order valence-corrected chi connectivity index (χ2v) is 7.72. The van der Waals surface area contributed by atoms with Crippen molar-refractivity contribution in [3.05, 3.63) is 18.2 Å². The number of benzene rings is 1. The molecule has 2 amide bonds. The van der Waals surface area contributed by atoms with E-state index in [2.05, 4.69) is 0 Å². The Balaban J connectivity index is 0.00000261. The Hall–Kier alpha value is -1.99. The lowest BCUT2D eigenvalue weighted by molar-refractivity contribution is -0.139. The van der Waals surface area contributed by atoms with Crippen LogP contribution in [0.2, 0.25) is 0 Å². The molecular weight excluding hydrogens is 370 g/mol. The van der Waals surface area contributed by atoms with Gasteiger partial charge in [-0.1, -0.05) is 13.8 Å². The molecular formula is C19H28ClN3O4. The summed E-state index contributed by atoms with van der Waals surface area (Å²) >= 11 is 0. The van der Waals surface area contributed by atoms with E-state index >= 15 is 0 Å². The molecule has 8 heteroatoms. The number of anilines is 1. The fourth-order valence-corrected chi connectivity index (χ4v) is 3.42. The normalized spacial score (nSPS) is 18.9. The summed E-state index contributed by atoms with van der Waals surface area (Å²) in [5, 5.41) is 0. The molecule has 0 spiro atoms. The molecule has 1 aromatic rings. The van der Waals surface area contributed by atoms with Crippen LogP contribution in [0.3, 0.4) is 0 Å². The molecule has 2 aliphatic rings. The van der Waals surface area contributed by atoms with Gasteiger partial charge < -0.3 is 25.0 Å². The van der Waals surface area contributed by atoms with Gasteiger partial charge in [0.25, 0.3) is 0 Å². The van der Waals surface area contributed by atoms with Crippen molar-refractivity contribution in [2.24, 2.45) is 17.1 Å². The summed E-state index contributed by atoms with van der Waals surface area (Å²) in [6.07, 6.45) is 0.513. The van der Waals surface area contributed by atoms with E-state index < -0.39 is 5.92 Å². The van der Waals surface area contributed by atoms with Crippen molar-refractivity contribution >= 4 is 29.9 Å². The minimum atomic E-state index is -0.637. The molecule has 7 nitrogen and oxygen atoms in total. The SMILES string of the molecule is CN(CC(C)(C)CN)C(=O)C1CCN(c2ccc3c(c2)OCCO3)C1=O.Cl. The first kappa shape index (κ1) is 21.3. The van der Waals surface area contributed by atoms with Gasteiger partial charge in [-0.05, 0) is 30.5 Å². The number of nitrogens with two attached hydrogens (primary N) is 1. The maximum atomic E-state index is 12.8. The topological polar surface area (TPSA) is 85.1 Å². The fourth-order valence-electron chi connectivity index (χ4n) is 3.42. The van der Waals surface area contributed by atoms with Gasteiger partial charge in [-0.25, -0.2) is 0 Å². The lowest BCUT2D eigenvalue weighted by atomic mass is 9.92. The number of carbonyl (C=O) groups excluding carboxylic acids is 2. The van der Waals surface area contributed by atoms with Crippen molar-refractivity contribution in [3.8, 4) is 11.5 Å². The molecule has 1 atom stereocenters. The number of hydrogen-bond donors (Lipinski definition) is 1. The highest BCUT2D eigenvalue weighted by atomic mass is 35.5. The first-order valence-corrected chi connectivity index (χ1v) is 8.98. The van der Waals surface area contributed by atoms with Gasteiger partial charge in [-0.3, -0.25) is 9.59 Å². The number of halogens is 1. The Bertz CT molecular complexity index is 710. The molecule has 1 aromatic carbocycles. The smallest absolute Gasteiger partial charge is 0.239 e. The third-order valence-electron chi connectivity index (χ3n) is 4.94. The van der Waals surface area contributed by atoms with Crippen molar-refractivity contribution in [2.45, 2.75) is 20.3 Å². The molecule has 27 heavy (non-hydrogen) atoms. The molecule has 1 fully saturated rings. The molecule has 0 radical (unpaired) electrons. The van der Waals surface area contributed by atoms with Crippen molar-refractivity contribution in [1.29, 1.82) is 0 Å². The molecule has 2 heterocycles. The molecule has 0 aliphatic carbocycles. The Morgan fingerprint density at radius 2 is 1.96 bits per heavy atom. The van der Waals surface area contributed by atoms with Gasteiger partial charge in [-0.2, -0.15) is 0 Å². The third kappa shape index (κ3) is 4.47. The average Bonchev–Trinajstić information content (AvgIpc) is 3.01. The predicted molar refractivity (Wildman–Crippen MR) is 106 cm³/mol. The Kier molecular flexibility index (Phi) is 6.59. The van der Waals surface area contributed by atoms with E-state index in [9.17, 15) is 9.59 Å². The summed E-state index contributed by atoms with van der Waals surface area (Å²) in [6, 6.07) is 5.45. The van der Waals surface area contributed by atoms with Crippen LogP contribution in [-0.4, -0.2) is 56.6 Å². The summed E-state index contributed by atoms with van der Waals surface area (Å²) in [6.45, 7) is 6.56. The van der Waals surface area contributed by atoms with Crippen LogP contribution in [0.5, 0.6) is 11.5 Å². The number of hydrogen-bond acceptors (Lipinski definition) is 5. The Morgan fingerprint density at radius 3 is 2.63 bits per heavy atom. The first-order valence-electron chi connectivity index (χ1n) is 8.98. The molecule has 1 unspecified atom stereocenters. The van der Waals surface area contributed by atoms with Crippen LogP contribution in [-0.2, 0) is 9.59 Å². The van der Waals surface area contributed by atoms with Crippen LogP contribution in [0.4, 0.5) is 5.69 Å². The largest absolute Gasteiger partial charge is 0.486 e. The van der Waals surface area contributed by atoms with E-state index in [1.165, 1.54) is 0 Å². The van der Waals surface area contributed by atoms with Crippen LogP contribution in [0.25, 0.3) is 0 Å². The summed E-state index contributed by atoms with van der Waals surface area (Å²) in [5.41, 5.74) is 6.31. The molecule has 0 bridgehead atoms. The van der Waals surface area contributed by atoms with E-state index in [0.29, 0.717) is 50.8 Å². The molecule has 2 N–H and O–H groups in total. The maximum absolute atomic E-state index is 12.8. The van der Waals surface area contributed by atoms with Crippen LogP contribution >= 0.6 is 12.4 Å². The third-order valence-corrected chi connectivity index (χ3v) is 4.94. The second-order valence-electron chi connectivity index (χ2n) is 7.72. The highest BCUT2D eigenvalue weighted by Gasteiger charge is 2.40. The minimum absolute atomic E-state index is 0. The number of ether oxygens (including phenoxy) is 2. The van der Waals surface area contributed by atoms with Crippen molar-refractivity contribution in [2.75, 3.05) is 44.8 Å². The van der Waals surface area contributed by atoms with Crippen LogP contribution in [0.15, 0.2) is 18.2 Å². The van der Waals surface area contributed by atoms with E-state index in [-0.39, 0.29) is 29.6 Å². The molecule has 1 saturated heterocycles. The Morgan fingerprint density at radius 1 is 1.30 bits per heavy atom. The van der Waals surface area contributed by atoms with Gasteiger partial charge in [0.15, 0.2) is 11.5 Å². The van der Waals surface area contributed by atoms with Gasteiger partial charge in [-0.15, -0.1) is 12.4 Å². The fraction of sp³-hybridized carbons (Fsp3) is 0.579. The average molecular weight is 398 g/mol. The number of carbonyl (C=O) groups is 2. The lowest BCUT2D eigenvalue weighted by Crippen LogP contribution is -2.44. The van der Waals surface area contributed by atoms with E-state index in [1.54, 1.807) is 22.9 Å². The zero-order valence-electron chi connectivity index (χ0n) is 16.1. The van der Waals surface area contributed by atoms with E-state index in [0.717, 1.165) is 5.69 Å². The summed E-state index contributed by atoms with van der Waals surface area (Å²) in [4.78, 5) is 28.9.